The summed E-state index contributed by atoms with van der Waals surface area (Å²) in [6.07, 6.45) is 1.23. The van der Waals surface area contributed by atoms with Crippen molar-refractivity contribution in [1.29, 1.82) is 0 Å². The molecule has 0 unspecified atom stereocenters. The highest BCUT2D eigenvalue weighted by Crippen LogP contribution is 2.10. The first-order chi connectivity index (χ1) is 6.15. The maximum atomic E-state index is 12.8. The Labute approximate surface area is 73.1 Å². The number of aliphatic hydroxyl groups is 1. The zero-order chi connectivity index (χ0) is 9.84. The van der Waals surface area contributed by atoms with Gasteiger partial charge in [-0.15, -0.1) is 0 Å². The number of allylic oxidation sites excluding steroid dienone is 1. The van der Waals surface area contributed by atoms with Gasteiger partial charge in [0.2, 0.25) is 0 Å². The predicted octanol–water partition coefficient (Wildman–Crippen LogP) is 2.22. The van der Waals surface area contributed by atoms with Crippen LogP contribution in [-0.2, 0) is 0 Å². The first-order valence-electron chi connectivity index (χ1n) is 3.45. The van der Waals surface area contributed by atoms with Crippen LogP contribution in [0.15, 0.2) is 30.5 Å². The van der Waals surface area contributed by atoms with E-state index in [1.165, 1.54) is 0 Å². The third-order valence-corrected chi connectivity index (χ3v) is 1.42. The van der Waals surface area contributed by atoms with Crippen LogP contribution in [0, 0.1) is 11.6 Å². The van der Waals surface area contributed by atoms with E-state index in [-0.39, 0.29) is 0 Å². The normalized spacial score (nSPS) is 10.6. The topological polar surface area (TPSA) is 37.3 Å². The Morgan fingerprint density at radius 3 is 2.69 bits per heavy atom. The van der Waals surface area contributed by atoms with Crippen LogP contribution in [0.5, 0.6) is 0 Å². The van der Waals surface area contributed by atoms with Gasteiger partial charge in [-0.3, -0.25) is 4.79 Å². The number of halogens is 2. The van der Waals surface area contributed by atoms with Crippen molar-refractivity contribution in [3.63, 3.8) is 0 Å². The van der Waals surface area contributed by atoms with Gasteiger partial charge in [-0.2, -0.15) is 0 Å². The molecule has 1 aromatic carbocycles. The molecule has 13 heavy (non-hydrogen) atoms. The average Bonchev–Trinajstić information content (AvgIpc) is 2.09. The van der Waals surface area contributed by atoms with Gasteiger partial charge in [-0.05, 0) is 18.2 Å². The van der Waals surface area contributed by atoms with Gasteiger partial charge in [0.15, 0.2) is 5.78 Å². The summed E-state index contributed by atoms with van der Waals surface area (Å²) < 4.78 is 25.4. The molecule has 0 saturated heterocycles. The number of hydrogen-bond donors (Lipinski definition) is 1. The lowest BCUT2D eigenvalue weighted by Gasteiger charge is -1.97. The molecule has 0 fully saturated rings. The van der Waals surface area contributed by atoms with E-state index in [1.54, 1.807) is 0 Å². The molecule has 1 rings (SSSR count). The van der Waals surface area contributed by atoms with Crippen LogP contribution < -0.4 is 0 Å². The average molecular weight is 184 g/mol. The lowest BCUT2D eigenvalue weighted by atomic mass is 10.1. The highest BCUT2D eigenvalue weighted by atomic mass is 19.1. The minimum Gasteiger partial charge on any atom is -0.515 e. The number of carbonyl (C=O) groups is 1. The molecular formula is C9H6F2O2. The van der Waals surface area contributed by atoms with E-state index >= 15 is 0 Å². The summed E-state index contributed by atoms with van der Waals surface area (Å²) in [5, 5.41) is 8.24. The molecule has 0 aliphatic rings. The van der Waals surface area contributed by atoms with E-state index in [4.69, 9.17) is 5.11 Å². The summed E-state index contributed by atoms with van der Waals surface area (Å²) in [6, 6.07) is 2.54. The molecule has 1 aromatic rings. The molecular weight excluding hydrogens is 178 g/mol. The van der Waals surface area contributed by atoms with Crippen molar-refractivity contribution in [1.82, 2.24) is 0 Å². The number of ketones is 1. The molecule has 0 atom stereocenters. The highest BCUT2D eigenvalue weighted by Gasteiger charge is 2.09. The summed E-state index contributed by atoms with van der Waals surface area (Å²) in [5.41, 5.74) is -0.398. The molecule has 0 aliphatic carbocycles. The Balaban J connectivity index is 3.13. The fraction of sp³-hybridized carbons (Fsp3) is 0. The van der Waals surface area contributed by atoms with Gasteiger partial charge in [0.25, 0.3) is 0 Å². The fourth-order valence-electron chi connectivity index (χ4n) is 0.844. The molecule has 68 valence electrons. The summed E-state index contributed by atoms with van der Waals surface area (Å²) in [4.78, 5) is 11.0. The largest absolute Gasteiger partial charge is 0.515 e. The van der Waals surface area contributed by atoms with Gasteiger partial charge in [0.1, 0.15) is 11.6 Å². The van der Waals surface area contributed by atoms with Crippen LogP contribution in [0.1, 0.15) is 10.4 Å². The van der Waals surface area contributed by atoms with E-state index < -0.39 is 23.0 Å². The van der Waals surface area contributed by atoms with Crippen LogP contribution in [0.2, 0.25) is 0 Å². The predicted molar refractivity (Wildman–Crippen MR) is 42.5 cm³/mol. The Bertz CT molecular complexity index is 359. The van der Waals surface area contributed by atoms with E-state index in [1.807, 2.05) is 0 Å². The molecule has 0 spiro atoms. The number of aliphatic hydroxyl groups excluding tert-OH is 1. The summed E-state index contributed by atoms with van der Waals surface area (Å²) in [7, 11) is 0. The molecule has 2 nitrogen and oxygen atoms in total. The summed E-state index contributed by atoms with van der Waals surface area (Å²) >= 11 is 0. The monoisotopic (exact) mass is 184 g/mol. The van der Waals surface area contributed by atoms with E-state index in [0.717, 1.165) is 24.3 Å². The van der Waals surface area contributed by atoms with E-state index in [9.17, 15) is 13.6 Å². The third-order valence-electron chi connectivity index (χ3n) is 1.42. The summed E-state index contributed by atoms with van der Waals surface area (Å²) in [6.45, 7) is 0. The lowest BCUT2D eigenvalue weighted by molar-refractivity contribution is 0.104. The SMILES string of the molecule is O=C(C=CO)c1cc(F)ccc1F. The molecule has 0 radical (unpaired) electrons. The van der Waals surface area contributed by atoms with Crippen LogP contribution in [0.4, 0.5) is 8.78 Å². The molecule has 1 N–H and O–H groups in total. The van der Waals surface area contributed by atoms with Gasteiger partial charge < -0.3 is 5.11 Å². The van der Waals surface area contributed by atoms with Gasteiger partial charge in [-0.1, -0.05) is 0 Å². The Hall–Kier alpha value is -1.71. The van der Waals surface area contributed by atoms with Gasteiger partial charge in [0.05, 0.1) is 11.8 Å². The van der Waals surface area contributed by atoms with Crippen molar-refractivity contribution in [2.45, 2.75) is 0 Å². The van der Waals surface area contributed by atoms with Crippen LogP contribution in [0.25, 0.3) is 0 Å². The van der Waals surface area contributed by atoms with Gasteiger partial charge in [-0.25, -0.2) is 8.78 Å². The number of benzene rings is 1. The molecule has 0 heterocycles. The van der Waals surface area contributed by atoms with Crippen LogP contribution in [0.3, 0.4) is 0 Å². The lowest BCUT2D eigenvalue weighted by Crippen LogP contribution is -1.99. The quantitative estimate of drug-likeness (QED) is 0.434. The number of hydrogen-bond acceptors (Lipinski definition) is 2. The molecule has 0 aromatic heterocycles. The second-order valence-electron chi connectivity index (χ2n) is 2.30. The zero-order valence-electron chi connectivity index (χ0n) is 6.50. The second-order valence-corrected chi connectivity index (χ2v) is 2.30. The van der Waals surface area contributed by atoms with Gasteiger partial charge in [0, 0.05) is 6.08 Å². The first kappa shape index (κ1) is 9.38. The van der Waals surface area contributed by atoms with Crippen molar-refractivity contribution in [3.8, 4) is 0 Å². The van der Waals surface area contributed by atoms with E-state index in [0.29, 0.717) is 6.26 Å². The van der Waals surface area contributed by atoms with Crippen LogP contribution >= 0.6 is 0 Å². The van der Waals surface area contributed by atoms with Crippen molar-refractivity contribution >= 4 is 5.78 Å². The van der Waals surface area contributed by atoms with Crippen LogP contribution in [-0.4, -0.2) is 10.9 Å². The first-order valence-corrected chi connectivity index (χ1v) is 3.45. The fourth-order valence-corrected chi connectivity index (χ4v) is 0.844. The minimum absolute atomic E-state index is 0.398. The van der Waals surface area contributed by atoms with Crippen molar-refractivity contribution in [2.24, 2.45) is 0 Å². The molecule has 0 amide bonds. The Morgan fingerprint density at radius 2 is 2.08 bits per heavy atom. The Morgan fingerprint density at radius 1 is 1.38 bits per heavy atom. The third kappa shape index (κ3) is 2.11. The molecule has 4 heteroatoms. The molecule has 0 bridgehead atoms. The second kappa shape index (κ2) is 3.80. The molecule has 0 aliphatic heterocycles. The molecule has 0 saturated carbocycles. The summed E-state index contributed by atoms with van der Waals surface area (Å²) in [5.74, 6) is -2.29. The van der Waals surface area contributed by atoms with Crippen molar-refractivity contribution < 1.29 is 18.7 Å². The highest BCUT2D eigenvalue weighted by molar-refractivity contribution is 6.04. The maximum Gasteiger partial charge on any atom is 0.191 e. The maximum absolute atomic E-state index is 12.8. The Kier molecular flexibility index (Phi) is 2.74. The van der Waals surface area contributed by atoms with Gasteiger partial charge >= 0.3 is 0 Å². The number of rotatable bonds is 2. The van der Waals surface area contributed by atoms with E-state index in [2.05, 4.69) is 0 Å². The van der Waals surface area contributed by atoms with Crippen molar-refractivity contribution in [3.05, 3.63) is 47.7 Å². The zero-order valence-corrected chi connectivity index (χ0v) is 6.50. The smallest absolute Gasteiger partial charge is 0.191 e. The number of carbonyl (C=O) groups excluding carboxylic acids is 1. The standard InChI is InChI=1S/C9H6F2O2/c10-6-1-2-8(11)7(5-6)9(13)3-4-12/h1-5,12H. The minimum atomic E-state index is -0.815. The van der Waals surface area contributed by atoms with Crippen molar-refractivity contribution in [2.75, 3.05) is 0 Å².